The fraction of sp³-hybridized carbons (Fsp3) is 0.269. The first-order valence-corrected chi connectivity index (χ1v) is 12.4. The van der Waals surface area contributed by atoms with Gasteiger partial charge in [0.1, 0.15) is 0 Å². The molecule has 3 amide bonds. The van der Waals surface area contributed by atoms with E-state index >= 15 is 0 Å². The van der Waals surface area contributed by atoms with E-state index in [4.69, 9.17) is 9.47 Å². The molecule has 4 rings (SSSR count). The number of imide groups is 1. The Bertz CT molecular complexity index is 1470. The average molecular weight is 523 g/mol. The molecular weight excluding hydrogens is 496 g/mol. The van der Waals surface area contributed by atoms with Crippen molar-refractivity contribution in [1.82, 2.24) is 20.0 Å². The normalized spacial score (nSPS) is 14.5. The Hall–Kier alpha value is -4.12. The minimum atomic E-state index is -0.492. The summed E-state index contributed by atoms with van der Waals surface area (Å²) in [6, 6.07) is 12.0. The van der Waals surface area contributed by atoms with Crippen molar-refractivity contribution in [1.29, 1.82) is 0 Å². The number of benzene rings is 2. The Morgan fingerprint density at radius 1 is 1.03 bits per heavy atom. The van der Waals surface area contributed by atoms with Crippen molar-refractivity contribution in [3.8, 4) is 11.5 Å². The minimum Gasteiger partial charge on any atom is -0.493 e. The van der Waals surface area contributed by atoms with Crippen molar-refractivity contribution in [3.63, 3.8) is 0 Å². The number of amides is 3. The highest BCUT2D eigenvalue weighted by atomic mass is 32.2. The van der Waals surface area contributed by atoms with Crippen LogP contribution in [0.3, 0.4) is 0 Å². The average Bonchev–Trinajstić information content (AvgIpc) is 3.17. The maximum absolute atomic E-state index is 13.0. The Labute approximate surface area is 217 Å². The quantitative estimate of drug-likeness (QED) is 0.425. The summed E-state index contributed by atoms with van der Waals surface area (Å²) in [5.41, 5.74) is 0.538. The Kier molecular flexibility index (Phi) is 7.92. The molecule has 192 valence electrons. The van der Waals surface area contributed by atoms with Crippen LogP contribution in [0.1, 0.15) is 29.4 Å². The molecule has 1 aliphatic heterocycles. The topological polar surface area (TPSA) is 120 Å². The molecule has 3 aromatic rings. The van der Waals surface area contributed by atoms with Crippen molar-refractivity contribution in [2.75, 3.05) is 27.3 Å². The number of fused-ring (bicyclic) bond motifs is 1. The van der Waals surface area contributed by atoms with Crippen LogP contribution in [0.5, 0.6) is 11.5 Å². The molecule has 2 aromatic carbocycles. The third kappa shape index (κ3) is 5.36. The lowest BCUT2D eigenvalue weighted by Crippen LogP contribution is -2.38. The van der Waals surface area contributed by atoms with Crippen molar-refractivity contribution < 1.29 is 23.9 Å². The molecule has 0 radical (unpaired) electrons. The summed E-state index contributed by atoms with van der Waals surface area (Å²) >= 11 is 0.830. The molecule has 0 bridgehead atoms. The highest BCUT2D eigenvalue weighted by Crippen LogP contribution is 2.34. The van der Waals surface area contributed by atoms with E-state index in [0.717, 1.165) is 16.7 Å². The second kappa shape index (κ2) is 11.3. The summed E-state index contributed by atoms with van der Waals surface area (Å²) in [7, 11) is 3.04. The molecule has 2 heterocycles. The number of carbonyl (C=O) groups is 3. The SMILES string of the molecule is CCCn1nc(C(=O)NCCN2C(=O)S/C(=C\c3ccc(OC)c(OC)c3)C2=O)c2ccccc2c1=O. The van der Waals surface area contributed by atoms with Crippen molar-refractivity contribution >= 4 is 45.7 Å². The van der Waals surface area contributed by atoms with Crippen LogP contribution < -0.4 is 20.3 Å². The number of hydrogen-bond donors (Lipinski definition) is 1. The zero-order valence-electron chi connectivity index (χ0n) is 20.6. The van der Waals surface area contributed by atoms with E-state index in [1.54, 1.807) is 48.5 Å². The summed E-state index contributed by atoms with van der Waals surface area (Å²) < 4.78 is 11.8. The van der Waals surface area contributed by atoms with Gasteiger partial charge in [0.05, 0.1) is 24.5 Å². The lowest BCUT2D eigenvalue weighted by Gasteiger charge is -2.14. The Morgan fingerprint density at radius 2 is 1.76 bits per heavy atom. The molecule has 0 atom stereocenters. The van der Waals surface area contributed by atoms with Crippen LogP contribution in [-0.2, 0) is 11.3 Å². The number of thioether (sulfide) groups is 1. The van der Waals surface area contributed by atoms with Gasteiger partial charge in [0.25, 0.3) is 22.6 Å². The number of ether oxygens (including phenoxy) is 2. The number of hydrogen-bond acceptors (Lipinski definition) is 8. The number of methoxy groups -OCH3 is 2. The lowest BCUT2D eigenvalue weighted by molar-refractivity contribution is -0.122. The largest absolute Gasteiger partial charge is 0.493 e. The fourth-order valence-electron chi connectivity index (χ4n) is 3.92. The monoisotopic (exact) mass is 522 g/mol. The van der Waals surface area contributed by atoms with Crippen LogP contribution in [-0.4, -0.2) is 59.0 Å². The summed E-state index contributed by atoms with van der Waals surface area (Å²) in [5, 5.41) is 7.41. The number of nitrogens with zero attached hydrogens (tertiary/aromatic N) is 3. The smallest absolute Gasteiger partial charge is 0.293 e. The van der Waals surface area contributed by atoms with Crippen LogP contribution in [0, 0.1) is 0 Å². The number of nitrogens with one attached hydrogen (secondary N) is 1. The van der Waals surface area contributed by atoms with Crippen molar-refractivity contribution in [2.24, 2.45) is 0 Å². The summed E-state index contributed by atoms with van der Waals surface area (Å²) in [5.74, 6) is 0.119. The molecule has 1 saturated heterocycles. The third-order valence-corrected chi connectivity index (χ3v) is 6.63. The molecule has 0 aliphatic carbocycles. The fourth-order valence-corrected chi connectivity index (χ4v) is 4.78. The van der Waals surface area contributed by atoms with Gasteiger partial charge in [-0.15, -0.1) is 0 Å². The maximum Gasteiger partial charge on any atom is 0.293 e. The van der Waals surface area contributed by atoms with E-state index in [0.29, 0.717) is 40.8 Å². The molecule has 10 nitrogen and oxygen atoms in total. The molecule has 1 fully saturated rings. The molecule has 11 heteroatoms. The summed E-state index contributed by atoms with van der Waals surface area (Å²) in [6.07, 6.45) is 2.29. The second-order valence-corrected chi connectivity index (χ2v) is 9.12. The maximum atomic E-state index is 13.0. The van der Waals surface area contributed by atoms with Gasteiger partial charge in [-0.25, -0.2) is 4.68 Å². The van der Waals surface area contributed by atoms with E-state index < -0.39 is 17.1 Å². The van der Waals surface area contributed by atoms with Gasteiger partial charge in [-0.1, -0.05) is 31.2 Å². The van der Waals surface area contributed by atoms with Crippen molar-refractivity contribution in [2.45, 2.75) is 19.9 Å². The summed E-state index contributed by atoms with van der Waals surface area (Å²) in [6.45, 7) is 2.32. The van der Waals surface area contributed by atoms with Crippen LogP contribution in [0.15, 0.2) is 52.2 Å². The first-order chi connectivity index (χ1) is 17.9. The van der Waals surface area contributed by atoms with Gasteiger partial charge in [-0.05, 0) is 48.0 Å². The Morgan fingerprint density at radius 3 is 2.46 bits per heavy atom. The molecule has 0 spiro atoms. The lowest BCUT2D eigenvalue weighted by atomic mass is 10.1. The predicted molar refractivity (Wildman–Crippen MR) is 141 cm³/mol. The molecule has 1 N–H and O–H groups in total. The molecule has 37 heavy (non-hydrogen) atoms. The van der Waals surface area contributed by atoms with E-state index in [2.05, 4.69) is 10.4 Å². The van der Waals surface area contributed by atoms with E-state index in [-0.39, 0.29) is 29.2 Å². The van der Waals surface area contributed by atoms with Crippen LogP contribution in [0.25, 0.3) is 16.8 Å². The van der Waals surface area contributed by atoms with E-state index in [1.807, 2.05) is 6.92 Å². The number of aryl methyl sites for hydroxylation is 1. The van der Waals surface area contributed by atoms with Crippen LogP contribution >= 0.6 is 11.8 Å². The number of rotatable bonds is 9. The van der Waals surface area contributed by atoms with Crippen LogP contribution in [0.2, 0.25) is 0 Å². The molecule has 1 aliphatic rings. The van der Waals surface area contributed by atoms with Gasteiger partial charge in [0.15, 0.2) is 17.2 Å². The molecular formula is C26H26N4O6S. The zero-order valence-corrected chi connectivity index (χ0v) is 21.5. The second-order valence-electron chi connectivity index (χ2n) is 8.13. The van der Waals surface area contributed by atoms with Gasteiger partial charge >= 0.3 is 0 Å². The molecule has 0 saturated carbocycles. The standard InChI is InChI=1S/C26H26N4O6S/c1-4-12-30-24(32)18-8-6-5-7-17(18)22(28-30)23(31)27-11-13-29-25(33)21(37-26(29)34)15-16-9-10-19(35-2)20(14-16)36-3/h5-10,14-15H,4,11-13H2,1-3H3,(H,27,31)/b21-15-. The highest BCUT2D eigenvalue weighted by Gasteiger charge is 2.34. The van der Waals surface area contributed by atoms with E-state index in [9.17, 15) is 19.2 Å². The third-order valence-electron chi connectivity index (χ3n) is 5.72. The van der Waals surface area contributed by atoms with E-state index in [1.165, 1.54) is 18.9 Å². The minimum absolute atomic E-state index is 0.00773. The van der Waals surface area contributed by atoms with Crippen LogP contribution in [0.4, 0.5) is 4.79 Å². The number of aromatic nitrogens is 2. The van der Waals surface area contributed by atoms with Gasteiger partial charge in [0.2, 0.25) is 0 Å². The van der Waals surface area contributed by atoms with Crippen molar-refractivity contribution in [3.05, 3.63) is 69.0 Å². The van der Waals surface area contributed by atoms with Gasteiger partial charge in [-0.2, -0.15) is 5.10 Å². The van der Waals surface area contributed by atoms with Gasteiger partial charge < -0.3 is 14.8 Å². The zero-order chi connectivity index (χ0) is 26.5. The predicted octanol–water partition coefficient (Wildman–Crippen LogP) is 3.29. The summed E-state index contributed by atoms with van der Waals surface area (Å²) in [4.78, 5) is 52.3. The Balaban J connectivity index is 1.46. The first kappa shape index (κ1) is 26.0. The van der Waals surface area contributed by atoms with Gasteiger partial charge in [-0.3, -0.25) is 24.1 Å². The number of carbonyl (C=O) groups excluding carboxylic acids is 3. The first-order valence-electron chi connectivity index (χ1n) is 11.6. The molecule has 0 unspecified atom stereocenters. The molecule has 1 aromatic heterocycles. The highest BCUT2D eigenvalue weighted by molar-refractivity contribution is 8.18. The van der Waals surface area contributed by atoms with Gasteiger partial charge in [0, 0.05) is 25.0 Å².